The van der Waals surface area contributed by atoms with Gasteiger partial charge in [-0.25, -0.2) is 0 Å². The summed E-state index contributed by atoms with van der Waals surface area (Å²) in [5, 5.41) is 16.1. The Bertz CT molecular complexity index is 476. The number of aliphatic hydroxyl groups is 1. The molecular weight excluding hydrogens is 292 g/mol. The number of carbonyl (C=O) groups is 2. The molecule has 0 aliphatic rings. The summed E-state index contributed by atoms with van der Waals surface area (Å²) in [4.78, 5) is 23.0. The molecule has 2 unspecified atom stereocenters. The van der Waals surface area contributed by atoms with Gasteiger partial charge >= 0.3 is 0 Å². The van der Waals surface area contributed by atoms with Crippen molar-refractivity contribution in [1.82, 2.24) is 10.6 Å². The van der Waals surface area contributed by atoms with E-state index in [1.54, 1.807) is 31.2 Å². The first kappa shape index (κ1) is 17.5. The Kier molecular flexibility index (Phi) is 7.19. The van der Waals surface area contributed by atoms with Gasteiger partial charge in [-0.15, -0.1) is 0 Å². The molecule has 116 valence electrons. The Morgan fingerprint density at radius 3 is 2.33 bits per heavy atom. The van der Waals surface area contributed by atoms with Gasteiger partial charge in [0.05, 0.1) is 12.1 Å². The molecule has 0 fully saturated rings. The first-order chi connectivity index (χ1) is 9.93. The highest BCUT2D eigenvalue weighted by molar-refractivity contribution is 6.30. The van der Waals surface area contributed by atoms with Crippen molar-refractivity contribution in [3.63, 3.8) is 0 Å². The van der Waals surface area contributed by atoms with Gasteiger partial charge in [0.15, 0.2) is 0 Å². The first-order valence-corrected chi connectivity index (χ1v) is 7.31. The number of halogens is 1. The molecule has 0 heterocycles. The van der Waals surface area contributed by atoms with Gasteiger partial charge in [-0.05, 0) is 31.5 Å². The normalized spacial score (nSPS) is 13.3. The summed E-state index contributed by atoms with van der Waals surface area (Å²) in [6, 6.07) is 6.34. The van der Waals surface area contributed by atoms with E-state index in [0.717, 1.165) is 0 Å². The minimum absolute atomic E-state index is 0.101. The number of rotatable bonds is 7. The molecule has 1 aromatic rings. The highest BCUT2D eigenvalue weighted by Crippen LogP contribution is 2.19. The summed E-state index contributed by atoms with van der Waals surface area (Å²) >= 11 is 5.79. The molecule has 3 N–H and O–H groups in total. The maximum Gasteiger partial charge on any atom is 0.220 e. The van der Waals surface area contributed by atoms with Gasteiger partial charge in [0.25, 0.3) is 0 Å². The van der Waals surface area contributed by atoms with E-state index >= 15 is 0 Å². The van der Waals surface area contributed by atoms with Crippen molar-refractivity contribution in [3.8, 4) is 0 Å². The molecule has 0 bridgehead atoms. The lowest BCUT2D eigenvalue weighted by molar-refractivity contribution is -0.127. The average molecular weight is 313 g/mol. The average Bonchev–Trinajstić information content (AvgIpc) is 2.45. The molecule has 1 aromatic carbocycles. The Labute approximate surface area is 129 Å². The van der Waals surface area contributed by atoms with Crippen LogP contribution in [0.2, 0.25) is 5.02 Å². The lowest BCUT2D eigenvalue weighted by Crippen LogP contribution is -2.37. The van der Waals surface area contributed by atoms with Crippen LogP contribution < -0.4 is 10.6 Å². The minimum atomic E-state index is -0.823. The lowest BCUT2D eigenvalue weighted by atomic mass is 10.0. The Balaban J connectivity index is 2.44. The van der Waals surface area contributed by atoms with Gasteiger partial charge in [-0.1, -0.05) is 23.7 Å². The zero-order valence-corrected chi connectivity index (χ0v) is 13.0. The molecule has 0 saturated heterocycles. The molecule has 5 nitrogen and oxygen atoms in total. The van der Waals surface area contributed by atoms with E-state index in [2.05, 4.69) is 10.6 Å². The smallest absolute Gasteiger partial charge is 0.220 e. The number of hydrogen-bond acceptors (Lipinski definition) is 3. The third-order valence-corrected chi connectivity index (χ3v) is 3.28. The summed E-state index contributed by atoms with van der Waals surface area (Å²) in [7, 11) is 0. The maximum atomic E-state index is 11.7. The van der Waals surface area contributed by atoms with Gasteiger partial charge in [-0.2, -0.15) is 0 Å². The van der Waals surface area contributed by atoms with Gasteiger partial charge in [-0.3, -0.25) is 9.59 Å². The van der Waals surface area contributed by atoms with E-state index in [4.69, 9.17) is 11.6 Å². The fourth-order valence-electron chi connectivity index (χ4n) is 1.87. The van der Waals surface area contributed by atoms with Crippen LogP contribution in [0.25, 0.3) is 0 Å². The van der Waals surface area contributed by atoms with Crippen LogP contribution in [0.3, 0.4) is 0 Å². The minimum Gasteiger partial charge on any atom is -0.386 e. The van der Waals surface area contributed by atoms with Gasteiger partial charge in [0, 0.05) is 24.4 Å². The van der Waals surface area contributed by atoms with E-state index in [9.17, 15) is 14.7 Å². The molecule has 2 amide bonds. The fourth-order valence-corrected chi connectivity index (χ4v) is 1.99. The zero-order chi connectivity index (χ0) is 15.8. The summed E-state index contributed by atoms with van der Waals surface area (Å²) in [6.07, 6.45) is -0.580. The van der Waals surface area contributed by atoms with Crippen LogP contribution in [0.5, 0.6) is 0 Å². The molecule has 1 rings (SSSR count). The van der Waals surface area contributed by atoms with Crippen LogP contribution >= 0.6 is 11.6 Å². The van der Waals surface area contributed by atoms with Crippen molar-refractivity contribution in [2.45, 2.75) is 38.8 Å². The highest BCUT2D eigenvalue weighted by Gasteiger charge is 2.18. The number of aliphatic hydroxyl groups excluding tert-OH is 1. The van der Waals surface area contributed by atoms with E-state index < -0.39 is 12.1 Å². The number of amides is 2. The standard InChI is InChI=1S/C15H21ClN2O3/c1-3-17-13(19)8-9-14(20)18-10(2)15(21)11-4-6-12(16)7-5-11/h4-7,10,15,21H,3,8-9H2,1-2H3,(H,17,19)(H,18,20). The maximum absolute atomic E-state index is 11.7. The Morgan fingerprint density at radius 1 is 1.19 bits per heavy atom. The summed E-state index contributed by atoms with van der Waals surface area (Å²) < 4.78 is 0. The van der Waals surface area contributed by atoms with Crippen molar-refractivity contribution in [1.29, 1.82) is 0 Å². The Hall–Kier alpha value is -1.59. The molecule has 0 radical (unpaired) electrons. The van der Waals surface area contributed by atoms with Crippen LogP contribution in [0.1, 0.15) is 38.4 Å². The molecule has 21 heavy (non-hydrogen) atoms. The van der Waals surface area contributed by atoms with Gasteiger partial charge < -0.3 is 15.7 Å². The van der Waals surface area contributed by atoms with Crippen LogP contribution in [-0.4, -0.2) is 29.5 Å². The van der Waals surface area contributed by atoms with Crippen molar-refractivity contribution in [2.75, 3.05) is 6.54 Å². The molecule has 0 spiro atoms. The largest absolute Gasteiger partial charge is 0.386 e. The van der Waals surface area contributed by atoms with Crippen LogP contribution in [0.15, 0.2) is 24.3 Å². The summed E-state index contributed by atoms with van der Waals surface area (Å²) in [6.45, 7) is 4.08. The topological polar surface area (TPSA) is 78.4 Å². The number of benzene rings is 1. The first-order valence-electron chi connectivity index (χ1n) is 6.93. The predicted octanol–water partition coefficient (Wildman–Crippen LogP) is 1.79. The summed E-state index contributed by atoms with van der Waals surface area (Å²) in [5.41, 5.74) is 0.677. The lowest BCUT2D eigenvalue weighted by Gasteiger charge is -2.20. The molecule has 0 aliphatic carbocycles. The van der Waals surface area contributed by atoms with Crippen molar-refractivity contribution in [3.05, 3.63) is 34.9 Å². The molecule has 0 aliphatic heterocycles. The molecule has 0 aromatic heterocycles. The Morgan fingerprint density at radius 2 is 1.76 bits per heavy atom. The highest BCUT2D eigenvalue weighted by atomic mass is 35.5. The van der Waals surface area contributed by atoms with Crippen molar-refractivity contribution >= 4 is 23.4 Å². The second kappa shape index (κ2) is 8.64. The van der Waals surface area contributed by atoms with Crippen LogP contribution in [0.4, 0.5) is 0 Å². The van der Waals surface area contributed by atoms with Crippen LogP contribution in [0, 0.1) is 0 Å². The van der Waals surface area contributed by atoms with Crippen molar-refractivity contribution < 1.29 is 14.7 Å². The van der Waals surface area contributed by atoms with E-state index in [1.165, 1.54) is 0 Å². The monoisotopic (exact) mass is 312 g/mol. The quantitative estimate of drug-likeness (QED) is 0.718. The molecule has 0 saturated carbocycles. The fraction of sp³-hybridized carbons (Fsp3) is 0.467. The van der Waals surface area contributed by atoms with E-state index in [-0.39, 0.29) is 24.7 Å². The third-order valence-electron chi connectivity index (χ3n) is 3.03. The zero-order valence-electron chi connectivity index (χ0n) is 12.2. The SMILES string of the molecule is CCNC(=O)CCC(=O)NC(C)C(O)c1ccc(Cl)cc1. The van der Waals surface area contributed by atoms with Crippen LogP contribution in [-0.2, 0) is 9.59 Å². The van der Waals surface area contributed by atoms with Crippen molar-refractivity contribution in [2.24, 2.45) is 0 Å². The number of carbonyl (C=O) groups excluding carboxylic acids is 2. The van der Waals surface area contributed by atoms with E-state index in [1.807, 2.05) is 6.92 Å². The number of nitrogens with one attached hydrogen (secondary N) is 2. The second-order valence-corrected chi connectivity index (χ2v) is 5.24. The molecular formula is C15H21ClN2O3. The molecule has 6 heteroatoms. The predicted molar refractivity (Wildman–Crippen MR) is 81.9 cm³/mol. The second-order valence-electron chi connectivity index (χ2n) is 4.81. The van der Waals surface area contributed by atoms with Gasteiger partial charge in [0.1, 0.15) is 0 Å². The number of hydrogen-bond donors (Lipinski definition) is 3. The van der Waals surface area contributed by atoms with E-state index in [0.29, 0.717) is 17.1 Å². The van der Waals surface area contributed by atoms with Gasteiger partial charge in [0.2, 0.25) is 11.8 Å². The molecule has 2 atom stereocenters. The summed E-state index contributed by atoms with van der Waals surface area (Å²) in [5.74, 6) is -0.416. The third kappa shape index (κ3) is 6.14.